The number of rotatable bonds is 4. The topological polar surface area (TPSA) is 84.2 Å². The van der Waals surface area contributed by atoms with Gasteiger partial charge in [-0.3, -0.25) is 4.79 Å². The molecule has 3 aromatic carbocycles. The molecule has 1 aromatic heterocycles. The summed E-state index contributed by atoms with van der Waals surface area (Å²) < 4.78 is 11.3. The number of pyridine rings is 1. The molecule has 0 aliphatic carbocycles. The van der Waals surface area contributed by atoms with E-state index in [0.29, 0.717) is 30.0 Å². The molecule has 1 amide bonds. The number of hydrogen-bond donors (Lipinski definition) is 1. The van der Waals surface area contributed by atoms with Crippen LogP contribution in [0.25, 0.3) is 22.5 Å². The van der Waals surface area contributed by atoms with Crippen molar-refractivity contribution in [2.45, 2.75) is 0 Å². The molecule has 4 aromatic rings. The highest BCUT2D eigenvalue weighted by atomic mass is 16.6. The quantitative estimate of drug-likeness (QED) is 0.471. The van der Waals surface area contributed by atoms with Gasteiger partial charge in [0.15, 0.2) is 11.5 Å². The minimum absolute atomic E-state index is 0.231. The van der Waals surface area contributed by atoms with Crippen LogP contribution >= 0.6 is 0 Å². The van der Waals surface area contributed by atoms with E-state index < -0.39 is 0 Å². The third kappa shape index (κ3) is 4.39. The number of ether oxygens (including phenoxy) is 2. The van der Waals surface area contributed by atoms with Crippen LogP contribution in [0.1, 0.15) is 15.9 Å². The summed E-state index contributed by atoms with van der Waals surface area (Å²) in [5, 5.41) is 11.8. The van der Waals surface area contributed by atoms with E-state index in [-0.39, 0.29) is 5.91 Å². The first-order chi connectivity index (χ1) is 16.2. The number of aromatic nitrogens is 1. The Morgan fingerprint density at radius 1 is 0.818 bits per heavy atom. The highest BCUT2D eigenvalue weighted by Gasteiger charge is 2.13. The lowest BCUT2D eigenvalue weighted by Gasteiger charge is -2.18. The minimum Gasteiger partial charge on any atom is -0.486 e. The second kappa shape index (κ2) is 8.85. The third-order valence-electron chi connectivity index (χ3n) is 5.30. The van der Waals surface area contributed by atoms with Crippen LogP contribution in [0.4, 0.5) is 5.69 Å². The van der Waals surface area contributed by atoms with Gasteiger partial charge in [0.2, 0.25) is 0 Å². The maximum Gasteiger partial charge on any atom is 0.255 e. The predicted octanol–water partition coefficient (Wildman–Crippen LogP) is 5.31. The molecule has 0 radical (unpaired) electrons. The first-order valence-electron chi connectivity index (χ1n) is 10.5. The number of nitriles is 1. The smallest absolute Gasteiger partial charge is 0.255 e. The molecule has 0 spiro atoms. The molecule has 1 N–H and O–H groups in total. The molecule has 0 saturated heterocycles. The number of amides is 1. The van der Waals surface area contributed by atoms with E-state index in [1.165, 1.54) is 0 Å². The van der Waals surface area contributed by atoms with Crippen LogP contribution in [0.15, 0.2) is 84.9 Å². The molecule has 0 saturated carbocycles. The van der Waals surface area contributed by atoms with Crippen molar-refractivity contribution < 1.29 is 14.3 Å². The number of carbonyl (C=O) groups is 1. The summed E-state index contributed by atoms with van der Waals surface area (Å²) in [5.41, 5.74) is 5.23. The van der Waals surface area contributed by atoms with Gasteiger partial charge in [-0.25, -0.2) is 4.98 Å². The molecular weight excluding hydrogens is 414 g/mol. The van der Waals surface area contributed by atoms with Crippen LogP contribution in [0.3, 0.4) is 0 Å². The molecule has 5 rings (SSSR count). The van der Waals surface area contributed by atoms with Gasteiger partial charge >= 0.3 is 0 Å². The Balaban J connectivity index is 1.33. The van der Waals surface area contributed by atoms with E-state index >= 15 is 0 Å². The normalized spacial score (nSPS) is 12.0. The van der Waals surface area contributed by atoms with E-state index in [4.69, 9.17) is 19.7 Å². The number of benzene rings is 3. The third-order valence-corrected chi connectivity index (χ3v) is 5.30. The van der Waals surface area contributed by atoms with Crippen molar-refractivity contribution in [2.75, 3.05) is 18.5 Å². The molecule has 33 heavy (non-hydrogen) atoms. The Labute approximate surface area is 191 Å². The first-order valence-corrected chi connectivity index (χ1v) is 10.5. The van der Waals surface area contributed by atoms with Gasteiger partial charge in [0.1, 0.15) is 13.2 Å². The summed E-state index contributed by atoms with van der Waals surface area (Å²) in [4.78, 5) is 17.3. The van der Waals surface area contributed by atoms with E-state index in [0.717, 1.165) is 34.0 Å². The fourth-order valence-electron chi connectivity index (χ4n) is 3.58. The minimum atomic E-state index is -0.231. The lowest BCUT2D eigenvalue weighted by atomic mass is 10.1. The number of anilines is 1. The zero-order valence-electron chi connectivity index (χ0n) is 17.6. The van der Waals surface area contributed by atoms with Gasteiger partial charge in [-0.2, -0.15) is 5.26 Å². The number of carbonyl (C=O) groups excluding carboxylic acids is 1. The van der Waals surface area contributed by atoms with Gasteiger partial charge in [0.25, 0.3) is 5.91 Å². The standard InChI is InChI=1S/C27H19N3O3/c28-17-18-4-6-20(7-5-18)27(31)29-22-11-8-19(9-12-22)23-2-1-3-24(30-23)21-10-13-25-26(16-21)33-15-14-32-25/h1-13,16H,14-15H2,(H,29,31). The lowest BCUT2D eigenvalue weighted by molar-refractivity contribution is 0.102. The molecule has 160 valence electrons. The number of hydrogen-bond acceptors (Lipinski definition) is 5. The fourth-order valence-corrected chi connectivity index (χ4v) is 3.58. The van der Waals surface area contributed by atoms with Gasteiger partial charge in [0.05, 0.1) is 23.0 Å². The van der Waals surface area contributed by atoms with Crippen LogP contribution in [0.5, 0.6) is 11.5 Å². The lowest BCUT2D eigenvalue weighted by Crippen LogP contribution is -2.15. The molecule has 1 aliphatic heterocycles. The van der Waals surface area contributed by atoms with E-state index in [2.05, 4.69) is 5.32 Å². The zero-order chi connectivity index (χ0) is 22.6. The van der Waals surface area contributed by atoms with Crippen molar-refractivity contribution in [3.8, 4) is 40.1 Å². The van der Waals surface area contributed by atoms with Crippen LogP contribution in [-0.4, -0.2) is 24.1 Å². The van der Waals surface area contributed by atoms with Crippen LogP contribution in [-0.2, 0) is 0 Å². The van der Waals surface area contributed by atoms with Crippen LogP contribution in [0, 0.1) is 11.3 Å². The van der Waals surface area contributed by atoms with E-state index in [9.17, 15) is 4.79 Å². The fraction of sp³-hybridized carbons (Fsp3) is 0.0741. The second-order valence-electron chi connectivity index (χ2n) is 7.49. The SMILES string of the molecule is N#Cc1ccc(C(=O)Nc2ccc(-c3cccc(-c4ccc5c(c4)OCCO5)n3)cc2)cc1. The van der Waals surface area contributed by atoms with E-state index in [1.807, 2.05) is 66.7 Å². The molecule has 0 unspecified atom stereocenters. The van der Waals surface area contributed by atoms with Crippen molar-refractivity contribution in [1.82, 2.24) is 4.98 Å². The van der Waals surface area contributed by atoms with Gasteiger partial charge in [-0.15, -0.1) is 0 Å². The first kappa shape index (κ1) is 20.3. The van der Waals surface area contributed by atoms with Crippen LogP contribution < -0.4 is 14.8 Å². The summed E-state index contributed by atoms with van der Waals surface area (Å²) in [6, 6.07) is 27.8. The summed E-state index contributed by atoms with van der Waals surface area (Å²) in [6.45, 7) is 1.10. The average Bonchev–Trinajstić information content (AvgIpc) is 2.89. The number of nitrogens with one attached hydrogen (secondary N) is 1. The second-order valence-corrected chi connectivity index (χ2v) is 7.49. The Morgan fingerprint density at radius 2 is 1.48 bits per heavy atom. The molecule has 2 heterocycles. The average molecular weight is 433 g/mol. The summed E-state index contributed by atoms with van der Waals surface area (Å²) >= 11 is 0. The Bertz CT molecular complexity index is 1360. The van der Waals surface area contributed by atoms with Gasteiger partial charge in [-0.1, -0.05) is 18.2 Å². The summed E-state index contributed by atoms with van der Waals surface area (Å²) in [7, 11) is 0. The summed E-state index contributed by atoms with van der Waals surface area (Å²) in [5.74, 6) is 1.25. The Hall–Kier alpha value is -4.63. The van der Waals surface area contributed by atoms with Crippen molar-refractivity contribution in [3.05, 3.63) is 96.1 Å². The number of fused-ring (bicyclic) bond motifs is 1. The molecule has 0 bridgehead atoms. The Kier molecular flexibility index (Phi) is 5.44. The molecule has 0 atom stereocenters. The highest BCUT2D eigenvalue weighted by Crippen LogP contribution is 2.34. The highest BCUT2D eigenvalue weighted by molar-refractivity contribution is 6.04. The molecule has 6 nitrogen and oxygen atoms in total. The van der Waals surface area contributed by atoms with Gasteiger partial charge in [-0.05, 0) is 66.7 Å². The van der Waals surface area contributed by atoms with Gasteiger partial charge in [0, 0.05) is 22.4 Å². The van der Waals surface area contributed by atoms with Crippen LogP contribution in [0.2, 0.25) is 0 Å². The molecule has 6 heteroatoms. The van der Waals surface area contributed by atoms with E-state index in [1.54, 1.807) is 24.3 Å². The molecular formula is C27H19N3O3. The largest absolute Gasteiger partial charge is 0.486 e. The zero-order valence-corrected chi connectivity index (χ0v) is 17.6. The monoisotopic (exact) mass is 433 g/mol. The molecule has 0 fully saturated rings. The predicted molar refractivity (Wildman–Crippen MR) is 125 cm³/mol. The van der Waals surface area contributed by atoms with Crippen molar-refractivity contribution in [1.29, 1.82) is 5.26 Å². The maximum absolute atomic E-state index is 12.4. The molecule has 1 aliphatic rings. The summed E-state index contributed by atoms with van der Waals surface area (Å²) in [6.07, 6.45) is 0. The van der Waals surface area contributed by atoms with Gasteiger partial charge < -0.3 is 14.8 Å². The van der Waals surface area contributed by atoms with Crippen molar-refractivity contribution in [2.24, 2.45) is 0 Å². The Morgan fingerprint density at radius 3 is 2.21 bits per heavy atom. The van der Waals surface area contributed by atoms with Crippen molar-refractivity contribution in [3.63, 3.8) is 0 Å². The number of nitrogens with zero attached hydrogens (tertiary/aromatic N) is 2. The maximum atomic E-state index is 12.4. The van der Waals surface area contributed by atoms with Crippen molar-refractivity contribution >= 4 is 11.6 Å².